The maximum absolute atomic E-state index is 12.4. The molecule has 2 atom stereocenters. The summed E-state index contributed by atoms with van der Waals surface area (Å²) in [5, 5.41) is 0. The van der Waals surface area contributed by atoms with Gasteiger partial charge in [0, 0.05) is 11.6 Å². The summed E-state index contributed by atoms with van der Waals surface area (Å²) in [7, 11) is 0. The van der Waals surface area contributed by atoms with Gasteiger partial charge in [0.25, 0.3) is 0 Å². The van der Waals surface area contributed by atoms with Crippen LogP contribution in [0.1, 0.15) is 53.4 Å². The van der Waals surface area contributed by atoms with Crippen LogP contribution in [0, 0.1) is 0 Å². The molecule has 2 aliphatic heterocycles. The van der Waals surface area contributed by atoms with E-state index in [1.165, 1.54) is 0 Å². The number of Topliss-reactive ketones (excluding diaryl/α,β-unsaturated/α-hetero) is 1. The summed E-state index contributed by atoms with van der Waals surface area (Å²) in [6.07, 6.45) is 5.35. The van der Waals surface area contributed by atoms with E-state index in [1.54, 1.807) is 11.8 Å². The van der Waals surface area contributed by atoms with Gasteiger partial charge in [-0.25, -0.2) is 4.79 Å². The Labute approximate surface area is 114 Å². The summed E-state index contributed by atoms with van der Waals surface area (Å²) in [6, 6.07) is 0.132. The molecule has 1 amide bonds. The van der Waals surface area contributed by atoms with Crippen molar-refractivity contribution in [3.05, 3.63) is 11.6 Å². The maximum Gasteiger partial charge on any atom is 0.411 e. The van der Waals surface area contributed by atoms with Crippen LogP contribution in [0.4, 0.5) is 4.79 Å². The van der Waals surface area contributed by atoms with Gasteiger partial charge in [-0.2, -0.15) is 0 Å². The number of hydrogen-bond acceptors (Lipinski definition) is 3. The molecule has 1 saturated heterocycles. The van der Waals surface area contributed by atoms with E-state index in [9.17, 15) is 9.59 Å². The smallest absolute Gasteiger partial charge is 0.411 e. The fourth-order valence-corrected chi connectivity index (χ4v) is 3.01. The van der Waals surface area contributed by atoms with Gasteiger partial charge in [-0.1, -0.05) is 6.08 Å². The van der Waals surface area contributed by atoms with E-state index in [-0.39, 0.29) is 24.0 Å². The molecule has 0 radical (unpaired) electrons. The van der Waals surface area contributed by atoms with Crippen molar-refractivity contribution in [1.82, 2.24) is 4.90 Å². The quantitative estimate of drug-likeness (QED) is 0.732. The summed E-state index contributed by atoms with van der Waals surface area (Å²) in [5.74, 6) is 0.0705. The molecule has 2 heterocycles. The number of carbonyl (C=O) groups is 2. The lowest BCUT2D eigenvalue weighted by Gasteiger charge is -2.31. The van der Waals surface area contributed by atoms with E-state index in [0.29, 0.717) is 0 Å². The third-order valence-corrected chi connectivity index (χ3v) is 3.74. The lowest BCUT2D eigenvalue weighted by atomic mass is 9.97. The number of allylic oxidation sites excluding steroid dienone is 1. The Morgan fingerprint density at radius 1 is 1.26 bits per heavy atom. The lowest BCUT2D eigenvalue weighted by Crippen LogP contribution is -2.44. The highest BCUT2D eigenvalue weighted by atomic mass is 16.6. The standard InChI is InChI=1S/C15H23NO3/c1-10(17)12-7-5-6-11-8-9-13(12)16(11)14(18)19-15(2,3)4/h7,11,13H,5-6,8-9H2,1-4H3/t11-,13?/m0/s1. The predicted octanol–water partition coefficient (Wildman–Crippen LogP) is 3.06. The van der Waals surface area contributed by atoms with Crippen LogP contribution in [0.3, 0.4) is 0 Å². The lowest BCUT2D eigenvalue weighted by molar-refractivity contribution is -0.114. The average molecular weight is 265 g/mol. The number of fused-ring (bicyclic) bond motifs is 2. The zero-order valence-electron chi connectivity index (χ0n) is 12.2. The molecule has 0 spiro atoms. The second kappa shape index (κ2) is 4.99. The van der Waals surface area contributed by atoms with Gasteiger partial charge in [0.05, 0.1) is 6.04 Å². The third-order valence-electron chi connectivity index (χ3n) is 3.74. The van der Waals surface area contributed by atoms with Crippen molar-refractivity contribution in [1.29, 1.82) is 0 Å². The molecule has 0 aromatic carbocycles. The molecule has 2 bridgehead atoms. The minimum absolute atomic E-state index is 0.0705. The molecule has 0 saturated carbocycles. The summed E-state index contributed by atoms with van der Waals surface area (Å²) in [4.78, 5) is 25.9. The highest BCUT2D eigenvalue weighted by Crippen LogP contribution is 2.36. The number of amides is 1. The molecule has 0 aliphatic carbocycles. The Morgan fingerprint density at radius 3 is 2.53 bits per heavy atom. The Balaban J connectivity index is 2.23. The fraction of sp³-hybridized carbons (Fsp3) is 0.733. The highest BCUT2D eigenvalue weighted by Gasteiger charge is 2.42. The summed E-state index contributed by atoms with van der Waals surface area (Å²) >= 11 is 0. The number of carbonyl (C=O) groups excluding carboxylic acids is 2. The van der Waals surface area contributed by atoms with Crippen molar-refractivity contribution in [2.75, 3.05) is 0 Å². The van der Waals surface area contributed by atoms with Crippen LogP contribution in [-0.4, -0.2) is 34.5 Å². The maximum atomic E-state index is 12.4. The minimum atomic E-state index is -0.497. The van der Waals surface area contributed by atoms with Crippen LogP contribution in [0.25, 0.3) is 0 Å². The van der Waals surface area contributed by atoms with Gasteiger partial charge < -0.3 is 4.74 Å². The first-order chi connectivity index (χ1) is 8.79. The molecule has 19 heavy (non-hydrogen) atoms. The van der Waals surface area contributed by atoms with Crippen molar-refractivity contribution >= 4 is 11.9 Å². The first kappa shape index (κ1) is 14.1. The van der Waals surface area contributed by atoms with Gasteiger partial charge in [0.2, 0.25) is 0 Å². The van der Waals surface area contributed by atoms with Crippen molar-refractivity contribution < 1.29 is 14.3 Å². The molecule has 2 rings (SSSR count). The molecule has 0 aromatic rings. The second-order valence-electron chi connectivity index (χ2n) is 6.43. The molecule has 0 aromatic heterocycles. The van der Waals surface area contributed by atoms with E-state index < -0.39 is 5.60 Å². The first-order valence-electron chi connectivity index (χ1n) is 7.02. The molecule has 4 heteroatoms. The van der Waals surface area contributed by atoms with Crippen LogP contribution in [0.5, 0.6) is 0 Å². The number of ketones is 1. The van der Waals surface area contributed by atoms with Gasteiger partial charge in [-0.3, -0.25) is 9.69 Å². The molecule has 106 valence electrons. The van der Waals surface area contributed by atoms with E-state index in [1.807, 2.05) is 26.8 Å². The van der Waals surface area contributed by atoms with Crippen LogP contribution in [-0.2, 0) is 9.53 Å². The van der Waals surface area contributed by atoms with Gasteiger partial charge in [0.1, 0.15) is 5.60 Å². The highest BCUT2D eigenvalue weighted by molar-refractivity contribution is 5.95. The van der Waals surface area contributed by atoms with Gasteiger partial charge >= 0.3 is 6.09 Å². The molecule has 1 unspecified atom stereocenters. The summed E-state index contributed by atoms with van der Waals surface area (Å²) in [5.41, 5.74) is 0.286. The molecule has 0 N–H and O–H groups in total. The van der Waals surface area contributed by atoms with Crippen LogP contribution >= 0.6 is 0 Å². The average Bonchev–Trinajstić information content (AvgIpc) is 2.51. The van der Waals surface area contributed by atoms with Crippen molar-refractivity contribution in [3.8, 4) is 0 Å². The normalized spacial score (nSPS) is 26.7. The molecular formula is C15H23NO3. The van der Waals surface area contributed by atoms with Crippen molar-refractivity contribution in [2.45, 2.75) is 71.1 Å². The van der Waals surface area contributed by atoms with Crippen LogP contribution in [0.15, 0.2) is 11.6 Å². The van der Waals surface area contributed by atoms with Crippen LogP contribution < -0.4 is 0 Å². The van der Waals surface area contributed by atoms with Gasteiger partial charge in [-0.05, 0) is 53.4 Å². The van der Waals surface area contributed by atoms with Crippen molar-refractivity contribution in [2.24, 2.45) is 0 Å². The van der Waals surface area contributed by atoms with Crippen LogP contribution in [0.2, 0.25) is 0 Å². The number of nitrogens with zero attached hydrogens (tertiary/aromatic N) is 1. The second-order valence-corrected chi connectivity index (χ2v) is 6.43. The van der Waals surface area contributed by atoms with E-state index in [0.717, 1.165) is 31.3 Å². The largest absolute Gasteiger partial charge is 0.444 e. The Bertz CT molecular complexity index is 420. The molecule has 4 nitrogen and oxygen atoms in total. The topological polar surface area (TPSA) is 46.6 Å². The van der Waals surface area contributed by atoms with E-state index in [4.69, 9.17) is 4.74 Å². The van der Waals surface area contributed by atoms with E-state index >= 15 is 0 Å². The van der Waals surface area contributed by atoms with Gasteiger partial charge in [0.15, 0.2) is 5.78 Å². The van der Waals surface area contributed by atoms with E-state index in [2.05, 4.69) is 0 Å². The first-order valence-corrected chi connectivity index (χ1v) is 7.02. The molecule has 1 fully saturated rings. The molecular weight excluding hydrogens is 242 g/mol. The Kier molecular flexibility index (Phi) is 3.70. The predicted molar refractivity (Wildman–Crippen MR) is 72.9 cm³/mol. The summed E-state index contributed by atoms with van der Waals surface area (Å²) in [6.45, 7) is 7.18. The monoisotopic (exact) mass is 265 g/mol. The molecule has 2 aliphatic rings. The van der Waals surface area contributed by atoms with Crippen molar-refractivity contribution in [3.63, 3.8) is 0 Å². The number of rotatable bonds is 1. The van der Waals surface area contributed by atoms with Gasteiger partial charge in [-0.15, -0.1) is 0 Å². The Morgan fingerprint density at radius 2 is 1.95 bits per heavy atom. The minimum Gasteiger partial charge on any atom is -0.444 e. The zero-order chi connectivity index (χ0) is 14.2. The Hall–Kier alpha value is -1.32. The number of hydrogen-bond donors (Lipinski definition) is 0. The number of ether oxygens (including phenoxy) is 1. The SMILES string of the molecule is CC(=O)C1=CCC[C@H]2CCC1N2C(=O)OC(C)(C)C. The zero-order valence-corrected chi connectivity index (χ0v) is 12.2. The summed E-state index contributed by atoms with van der Waals surface area (Å²) < 4.78 is 5.49. The third kappa shape index (κ3) is 2.99. The fourth-order valence-electron chi connectivity index (χ4n) is 3.01.